The highest BCUT2D eigenvalue weighted by molar-refractivity contribution is 5.73. The number of nitrogens with one attached hydrogen (secondary N) is 3. The summed E-state index contributed by atoms with van der Waals surface area (Å²) in [5, 5.41) is 5.53. The largest absolute Gasteiger partial charge is 0.334 e. The summed E-state index contributed by atoms with van der Waals surface area (Å²) >= 11 is 0. The first-order chi connectivity index (χ1) is 10.5. The van der Waals surface area contributed by atoms with Crippen LogP contribution in [0.4, 0.5) is 4.79 Å². The lowest BCUT2D eigenvalue weighted by Gasteiger charge is -2.12. The molecular formula is C17H21N3O2. The van der Waals surface area contributed by atoms with Gasteiger partial charge in [-0.15, -0.1) is 0 Å². The molecule has 0 aliphatic rings. The summed E-state index contributed by atoms with van der Waals surface area (Å²) in [7, 11) is 0. The molecule has 0 radical (unpaired) electrons. The fourth-order valence-corrected chi connectivity index (χ4v) is 2.32. The van der Waals surface area contributed by atoms with Gasteiger partial charge in [-0.25, -0.2) is 4.79 Å². The van der Waals surface area contributed by atoms with Crippen molar-refractivity contribution in [3.63, 3.8) is 0 Å². The van der Waals surface area contributed by atoms with Gasteiger partial charge < -0.3 is 15.6 Å². The molecule has 0 saturated carbocycles. The van der Waals surface area contributed by atoms with Crippen molar-refractivity contribution < 1.29 is 4.79 Å². The predicted octanol–water partition coefficient (Wildman–Crippen LogP) is 2.30. The second kappa shape index (κ2) is 6.93. The van der Waals surface area contributed by atoms with Gasteiger partial charge in [0.1, 0.15) is 0 Å². The summed E-state index contributed by atoms with van der Waals surface area (Å²) < 4.78 is 0. The minimum atomic E-state index is -0.288. The van der Waals surface area contributed by atoms with E-state index < -0.39 is 0 Å². The molecule has 2 amide bonds. The molecule has 0 aliphatic carbocycles. The number of H-pyrrole nitrogens is 1. The van der Waals surface area contributed by atoms with Gasteiger partial charge in [0, 0.05) is 24.8 Å². The quantitative estimate of drug-likeness (QED) is 0.810. The first kappa shape index (κ1) is 15.8. The van der Waals surface area contributed by atoms with E-state index in [2.05, 4.69) is 15.6 Å². The van der Waals surface area contributed by atoms with Crippen molar-refractivity contribution in [1.29, 1.82) is 0 Å². The number of aryl methyl sites for hydroxylation is 3. The van der Waals surface area contributed by atoms with Gasteiger partial charge in [0.25, 0.3) is 5.56 Å². The summed E-state index contributed by atoms with van der Waals surface area (Å²) in [5.74, 6) is 0. The van der Waals surface area contributed by atoms with Crippen molar-refractivity contribution in [3.8, 4) is 0 Å². The van der Waals surface area contributed by atoms with Crippen LogP contribution in [-0.2, 0) is 13.1 Å². The lowest BCUT2D eigenvalue weighted by atomic mass is 10.0. The molecule has 0 bridgehead atoms. The zero-order valence-electron chi connectivity index (χ0n) is 13.1. The summed E-state index contributed by atoms with van der Waals surface area (Å²) in [6, 6.07) is 7.52. The van der Waals surface area contributed by atoms with Crippen molar-refractivity contribution in [2.45, 2.75) is 33.9 Å². The number of urea groups is 1. The number of aromatic amines is 1. The third kappa shape index (κ3) is 3.97. The van der Waals surface area contributed by atoms with Gasteiger partial charge >= 0.3 is 6.03 Å². The van der Waals surface area contributed by atoms with Crippen LogP contribution < -0.4 is 16.2 Å². The lowest BCUT2D eigenvalue weighted by Crippen LogP contribution is -2.36. The van der Waals surface area contributed by atoms with Crippen molar-refractivity contribution in [3.05, 3.63) is 68.6 Å². The molecule has 0 aliphatic heterocycles. The van der Waals surface area contributed by atoms with E-state index >= 15 is 0 Å². The van der Waals surface area contributed by atoms with Crippen LogP contribution >= 0.6 is 0 Å². The van der Waals surface area contributed by atoms with Crippen molar-refractivity contribution in [1.82, 2.24) is 15.6 Å². The topological polar surface area (TPSA) is 74.0 Å². The zero-order chi connectivity index (χ0) is 16.1. The summed E-state index contributed by atoms with van der Waals surface area (Å²) in [6.45, 7) is 6.60. The Labute approximate surface area is 129 Å². The van der Waals surface area contributed by atoms with E-state index in [1.54, 1.807) is 12.3 Å². The molecule has 5 heteroatoms. The van der Waals surface area contributed by atoms with Crippen molar-refractivity contribution in [2.75, 3.05) is 0 Å². The minimum Gasteiger partial charge on any atom is -0.334 e. The number of amides is 2. The van der Waals surface area contributed by atoms with E-state index in [9.17, 15) is 9.59 Å². The molecule has 2 rings (SSSR count). The number of carbonyl (C=O) groups excluding carboxylic acids is 1. The average molecular weight is 299 g/mol. The molecule has 0 unspecified atom stereocenters. The number of hydrogen-bond acceptors (Lipinski definition) is 2. The van der Waals surface area contributed by atoms with Crippen LogP contribution in [0.2, 0.25) is 0 Å². The van der Waals surface area contributed by atoms with E-state index in [4.69, 9.17) is 0 Å². The molecule has 0 atom stereocenters. The molecule has 1 aromatic heterocycles. The highest BCUT2D eigenvalue weighted by Crippen LogP contribution is 2.12. The molecule has 0 spiro atoms. The molecule has 2 aromatic rings. The van der Waals surface area contributed by atoms with E-state index in [1.165, 1.54) is 0 Å². The zero-order valence-corrected chi connectivity index (χ0v) is 13.1. The van der Waals surface area contributed by atoms with E-state index in [1.807, 2.05) is 39.0 Å². The van der Waals surface area contributed by atoms with Crippen LogP contribution in [0, 0.1) is 20.8 Å². The molecule has 5 nitrogen and oxygen atoms in total. The second-order valence-corrected chi connectivity index (χ2v) is 5.44. The maximum Gasteiger partial charge on any atom is 0.315 e. The number of carbonyl (C=O) groups is 1. The van der Waals surface area contributed by atoms with Crippen LogP contribution in [0.15, 0.2) is 35.3 Å². The van der Waals surface area contributed by atoms with Gasteiger partial charge in [0.15, 0.2) is 0 Å². The first-order valence-electron chi connectivity index (χ1n) is 7.22. The highest BCUT2D eigenvalue weighted by atomic mass is 16.2. The molecule has 0 fully saturated rings. The lowest BCUT2D eigenvalue weighted by molar-refractivity contribution is 0.240. The van der Waals surface area contributed by atoms with Gasteiger partial charge in [-0.3, -0.25) is 4.79 Å². The van der Waals surface area contributed by atoms with Gasteiger partial charge in [0.05, 0.1) is 0 Å². The highest BCUT2D eigenvalue weighted by Gasteiger charge is 2.06. The average Bonchev–Trinajstić information content (AvgIpc) is 2.47. The van der Waals surface area contributed by atoms with E-state index in [0.29, 0.717) is 12.1 Å². The van der Waals surface area contributed by atoms with Crippen LogP contribution in [-0.4, -0.2) is 11.0 Å². The van der Waals surface area contributed by atoms with Crippen LogP contribution in [0.25, 0.3) is 0 Å². The summed E-state index contributed by atoms with van der Waals surface area (Å²) in [4.78, 5) is 26.1. The smallest absolute Gasteiger partial charge is 0.315 e. The fraction of sp³-hybridized carbons (Fsp3) is 0.294. The molecule has 116 valence electrons. The van der Waals surface area contributed by atoms with Gasteiger partial charge in [-0.05, 0) is 49.1 Å². The molecule has 3 N–H and O–H groups in total. The molecule has 0 saturated heterocycles. The van der Waals surface area contributed by atoms with Crippen molar-refractivity contribution >= 4 is 6.03 Å². The number of aromatic nitrogens is 1. The first-order valence-corrected chi connectivity index (χ1v) is 7.22. The SMILES string of the molecule is Cc1c[nH]c(=O)c(CNC(=O)NCc2c(C)cccc2C)c1. The third-order valence-corrected chi connectivity index (χ3v) is 3.63. The Morgan fingerprint density at radius 1 is 1.09 bits per heavy atom. The molecule has 1 aromatic carbocycles. The number of pyridine rings is 1. The predicted molar refractivity (Wildman–Crippen MR) is 86.8 cm³/mol. The Balaban J connectivity index is 1.91. The number of benzene rings is 1. The van der Waals surface area contributed by atoms with E-state index in [0.717, 1.165) is 22.3 Å². The molecule has 22 heavy (non-hydrogen) atoms. The van der Waals surface area contributed by atoms with Crippen LogP contribution in [0.5, 0.6) is 0 Å². The Bertz CT molecular complexity index is 715. The Morgan fingerprint density at radius 2 is 1.73 bits per heavy atom. The maximum atomic E-state index is 11.9. The normalized spacial score (nSPS) is 10.3. The Hall–Kier alpha value is -2.56. The second-order valence-electron chi connectivity index (χ2n) is 5.44. The summed E-state index contributed by atoms with van der Waals surface area (Å²) in [6.07, 6.45) is 1.65. The molecule has 1 heterocycles. The fourth-order valence-electron chi connectivity index (χ4n) is 2.32. The Morgan fingerprint density at radius 3 is 2.41 bits per heavy atom. The summed E-state index contributed by atoms with van der Waals surface area (Å²) in [5.41, 5.74) is 4.73. The van der Waals surface area contributed by atoms with Gasteiger partial charge in [-0.1, -0.05) is 18.2 Å². The van der Waals surface area contributed by atoms with Crippen LogP contribution in [0.3, 0.4) is 0 Å². The number of hydrogen-bond donors (Lipinski definition) is 3. The van der Waals surface area contributed by atoms with Gasteiger partial charge in [-0.2, -0.15) is 0 Å². The van der Waals surface area contributed by atoms with Crippen LogP contribution in [0.1, 0.15) is 27.8 Å². The van der Waals surface area contributed by atoms with Gasteiger partial charge in [0.2, 0.25) is 0 Å². The molecular weight excluding hydrogens is 278 g/mol. The Kier molecular flexibility index (Phi) is 4.99. The standard InChI is InChI=1S/C17H21N3O2/c1-11-7-14(16(21)18-8-11)9-19-17(22)20-10-15-12(2)5-4-6-13(15)3/h4-8H,9-10H2,1-3H3,(H,18,21)(H2,19,20,22). The monoisotopic (exact) mass is 299 g/mol. The third-order valence-electron chi connectivity index (χ3n) is 3.63. The number of rotatable bonds is 4. The minimum absolute atomic E-state index is 0.180. The maximum absolute atomic E-state index is 11.9. The van der Waals surface area contributed by atoms with E-state index in [-0.39, 0.29) is 18.1 Å². The van der Waals surface area contributed by atoms with Crippen molar-refractivity contribution in [2.24, 2.45) is 0 Å².